The second-order valence-corrected chi connectivity index (χ2v) is 22.3. The summed E-state index contributed by atoms with van der Waals surface area (Å²) in [5.41, 5.74) is 2.53. The number of rotatable bonds is 5. The van der Waals surface area contributed by atoms with Crippen LogP contribution in [0.25, 0.3) is 0 Å². The second kappa shape index (κ2) is 10.7. The van der Waals surface area contributed by atoms with E-state index in [0.717, 1.165) is 78.7 Å². The molecule has 0 amide bonds. The molecule has 2 N–H and O–H groups in total. The average molecular weight is 685 g/mol. The van der Waals surface area contributed by atoms with Crippen LogP contribution in [0.1, 0.15) is 135 Å². The van der Waals surface area contributed by atoms with E-state index in [4.69, 9.17) is 9.47 Å². The molecule has 15 rings (SSSR count). The third kappa shape index (κ3) is 4.20. The number of nitrogens with one attached hydrogen (secondary N) is 2. The van der Waals surface area contributed by atoms with Crippen molar-refractivity contribution in [3.05, 3.63) is 0 Å². The lowest BCUT2D eigenvalue weighted by molar-refractivity contribution is -0.288. The van der Waals surface area contributed by atoms with Crippen molar-refractivity contribution < 1.29 is 9.47 Å². The first-order valence-corrected chi connectivity index (χ1v) is 22.8. The molecule has 13 unspecified atom stereocenters. The van der Waals surface area contributed by atoms with Gasteiger partial charge >= 0.3 is 0 Å². The van der Waals surface area contributed by atoms with Crippen molar-refractivity contribution in [2.75, 3.05) is 32.8 Å². The minimum Gasteiger partial charge on any atom is -0.378 e. The van der Waals surface area contributed by atoms with E-state index in [1.54, 1.807) is 44.9 Å². The summed E-state index contributed by atoms with van der Waals surface area (Å²) < 4.78 is 12.6. The molecular weight excluding hydrogens is 617 g/mol. The number of hydrogen-bond acceptors (Lipinski definition) is 6. The van der Waals surface area contributed by atoms with Crippen molar-refractivity contribution in [2.45, 2.75) is 182 Å². The van der Waals surface area contributed by atoms with Crippen molar-refractivity contribution in [2.24, 2.45) is 58.2 Å². The molecule has 15 aliphatic rings. The van der Waals surface area contributed by atoms with Gasteiger partial charge in [-0.1, -0.05) is 12.8 Å². The molecule has 5 aliphatic heterocycles. The lowest BCUT2D eigenvalue weighted by Gasteiger charge is -2.80. The minimum atomic E-state index is 0.573. The Kier molecular flexibility index (Phi) is 6.66. The number of ether oxygens (including phenoxy) is 2. The Bertz CT molecular complexity index is 1260. The van der Waals surface area contributed by atoms with Crippen LogP contribution in [0, 0.1) is 58.2 Å². The first-order chi connectivity index (χ1) is 24.5. The van der Waals surface area contributed by atoms with Gasteiger partial charge in [0.15, 0.2) is 0 Å². The van der Waals surface area contributed by atoms with Crippen LogP contribution in [0.5, 0.6) is 0 Å². The Morgan fingerprint density at radius 3 is 1.64 bits per heavy atom. The Morgan fingerprint density at radius 2 is 1.06 bits per heavy atom. The largest absolute Gasteiger partial charge is 0.378 e. The van der Waals surface area contributed by atoms with E-state index in [9.17, 15) is 0 Å². The maximum absolute atomic E-state index is 6.31. The standard InChI is InChI=1S/C44H68N4O2/c1-2-4-35-31(3-1)20-45-40(46-35)32-15-33(41-21-43(22-41,23-41)47-9-5-27-13-29-7-11-49-38(29)18-36(27)47)17-34(16-32)42-24-44(25-42,26-42)48-10-6-28-14-30-8-12-50-39(30)19-37(28)48/h27-40,45-46H,1-26H2. The highest BCUT2D eigenvalue weighted by molar-refractivity contribution is 5.30. The van der Waals surface area contributed by atoms with E-state index < -0.39 is 0 Å². The van der Waals surface area contributed by atoms with E-state index >= 15 is 0 Å². The van der Waals surface area contributed by atoms with Gasteiger partial charge in [-0.25, -0.2) is 0 Å². The number of likely N-dealkylation sites (tertiary alicyclic amines) is 2. The van der Waals surface area contributed by atoms with Crippen LogP contribution in [-0.2, 0) is 9.47 Å². The summed E-state index contributed by atoms with van der Waals surface area (Å²) in [4.78, 5) is 6.25. The van der Waals surface area contributed by atoms with Crippen molar-refractivity contribution in [3.63, 3.8) is 0 Å². The molecule has 10 saturated carbocycles. The fourth-order valence-corrected chi connectivity index (χ4v) is 18.2. The lowest BCUT2D eigenvalue weighted by atomic mass is 9.30. The highest BCUT2D eigenvalue weighted by Crippen LogP contribution is 2.80. The van der Waals surface area contributed by atoms with Crippen molar-refractivity contribution in [3.8, 4) is 0 Å². The molecule has 5 saturated heterocycles. The Balaban J connectivity index is 0.724. The molecule has 50 heavy (non-hydrogen) atoms. The highest BCUT2D eigenvalue weighted by Gasteiger charge is 2.77. The molecule has 0 aromatic rings. The van der Waals surface area contributed by atoms with E-state index in [1.807, 2.05) is 0 Å². The van der Waals surface area contributed by atoms with E-state index in [-0.39, 0.29) is 0 Å². The summed E-state index contributed by atoms with van der Waals surface area (Å²) in [5, 5.41) is 8.50. The maximum Gasteiger partial charge on any atom is 0.0619 e. The zero-order chi connectivity index (χ0) is 32.5. The summed E-state index contributed by atoms with van der Waals surface area (Å²) >= 11 is 0. The Morgan fingerprint density at radius 1 is 0.500 bits per heavy atom. The summed E-state index contributed by atoms with van der Waals surface area (Å²) in [6.07, 6.45) is 32.7. The van der Waals surface area contributed by atoms with Crippen LogP contribution in [0.15, 0.2) is 0 Å². The molecule has 10 aliphatic carbocycles. The van der Waals surface area contributed by atoms with E-state index in [1.165, 1.54) is 110 Å². The van der Waals surface area contributed by atoms with Crippen LogP contribution >= 0.6 is 0 Å². The van der Waals surface area contributed by atoms with Crippen molar-refractivity contribution in [1.29, 1.82) is 0 Å². The van der Waals surface area contributed by atoms with E-state index in [2.05, 4.69) is 20.4 Å². The number of fused-ring (bicyclic) bond motifs is 5. The van der Waals surface area contributed by atoms with E-state index in [0.29, 0.717) is 40.3 Å². The molecule has 0 radical (unpaired) electrons. The molecular formula is C44H68N4O2. The molecule has 276 valence electrons. The van der Waals surface area contributed by atoms with Gasteiger partial charge in [-0.15, -0.1) is 0 Å². The number of hydrogen-bond donors (Lipinski definition) is 2. The van der Waals surface area contributed by atoms with Gasteiger partial charge in [-0.05, 0) is 193 Å². The SMILES string of the molecule is C1CCC2NC(C3CC(C45CC(N6CCC7CC8CCOC8CC76)(C4)C5)CC(C45CC(N6CCC7CC8CCOC8CC76)(C4)C5)C3)NCC2C1. The summed E-state index contributed by atoms with van der Waals surface area (Å²) in [5.74, 6) is 7.40. The molecule has 5 heterocycles. The van der Waals surface area contributed by atoms with Gasteiger partial charge in [0.25, 0.3) is 0 Å². The minimum absolute atomic E-state index is 0.573. The summed E-state index contributed by atoms with van der Waals surface area (Å²) in [6, 6.07) is 2.47. The molecule has 0 aromatic carbocycles. The molecule has 13 atom stereocenters. The third-order valence-corrected chi connectivity index (χ3v) is 20.4. The maximum atomic E-state index is 6.31. The van der Waals surface area contributed by atoms with Gasteiger partial charge in [0.05, 0.1) is 18.4 Å². The zero-order valence-corrected chi connectivity index (χ0v) is 31.2. The first kappa shape index (κ1) is 31.0. The normalized spacial score (nSPS) is 62.2. The highest BCUT2D eigenvalue weighted by atomic mass is 16.5. The van der Waals surface area contributed by atoms with Crippen LogP contribution in [0.4, 0.5) is 0 Å². The molecule has 0 aromatic heterocycles. The molecule has 15 fully saturated rings. The van der Waals surface area contributed by atoms with Gasteiger partial charge in [-0.2, -0.15) is 0 Å². The van der Waals surface area contributed by atoms with Crippen molar-refractivity contribution >= 4 is 0 Å². The fourth-order valence-electron chi connectivity index (χ4n) is 18.2. The van der Waals surface area contributed by atoms with Crippen LogP contribution in [-0.4, -0.2) is 90.2 Å². The smallest absolute Gasteiger partial charge is 0.0619 e. The van der Waals surface area contributed by atoms with Gasteiger partial charge < -0.3 is 14.8 Å². The molecule has 4 bridgehead atoms. The third-order valence-electron chi connectivity index (χ3n) is 20.4. The zero-order valence-electron chi connectivity index (χ0n) is 31.2. The first-order valence-electron chi connectivity index (χ1n) is 22.8. The Hall–Kier alpha value is -0.240. The Labute approximate surface area is 302 Å². The average Bonchev–Trinajstić information content (AvgIpc) is 3.87. The molecule has 6 nitrogen and oxygen atoms in total. The van der Waals surface area contributed by atoms with Gasteiger partial charge in [-0.3, -0.25) is 15.1 Å². The molecule has 0 spiro atoms. The summed E-state index contributed by atoms with van der Waals surface area (Å²) in [7, 11) is 0. The van der Waals surface area contributed by atoms with Gasteiger partial charge in [0.2, 0.25) is 0 Å². The number of nitrogens with zero attached hydrogens (tertiary/aromatic N) is 2. The monoisotopic (exact) mass is 685 g/mol. The van der Waals surface area contributed by atoms with Gasteiger partial charge in [0.1, 0.15) is 0 Å². The van der Waals surface area contributed by atoms with Crippen LogP contribution < -0.4 is 10.6 Å². The quantitative estimate of drug-likeness (QED) is 0.336. The van der Waals surface area contributed by atoms with Crippen LogP contribution in [0.2, 0.25) is 0 Å². The topological polar surface area (TPSA) is 49.0 Å². The predicted octanol–water partition coefficient (Wildman–Crippen LogP) is 6.72. The fraction of sp³-hybridized carbons (Fsp3) is 1.00. The summed E-state index contributed by atoms with van der Waals surface area (Å²) in [6.45, 7) is 6.16. The molecule has 6 heteroatoms. The van der Waals surface area contributed by atoms with Gasteiger partial charge in [0, 0.05) is 49.0 Å². The lowest BCUT2D eigenvalue weighted by Crippen LogP contribution is -2.79. The van der Waals surface area contributed by atoms with Crippen molar-refractivity contribution in [1.82, 2.24) is 20.4 Å². The predicted molar refractivity (Wildman–Crippen MR) is 194 cm³/mol. The van der Waals surface area contributed by atoms with Crippen LogP contribution in [0.3, 0.4) is 0 Å². The second-order valence-electron chi connectivity index (χ2n) is 22.3.